The van der Waals surface area contributed by atoms with Crippen molar-refractivity contribution < 1.29 is 14.3 Å². The van der Waals surface area contributed by atoms with Gasteiger partial charge in [0.1, 0.15) is 5.75 Å². The minimum absolute atomic E-state index is 0.308. The van der Waals surface area contributed by atoms with Gasteiger partial charge >= 0.3 is 5.97 Å². The number of rotatable bonds is 5. The van der Waals surface area contributed by atoms with Gasteiger partial charge in [-0.25, -0.2) is 4.79 Å². The molecule has 0 amide bonds. The lowest BCUT2D eigenvalue weighted by Crippen LogP contribution is -2.25. The molecule has 134 valence electrons. The summed E-state index contributed by atoms with van der Waals surface area (Å²) in [5.74, 6) is 0.551. The number of nitrogens with zero attached hydrogens (tertiary/aromatic N) is 1. The minimum atomic E-state index is -0.329. The lowest BCUT2D eigenvalue weighted by molar-refractivity contribution is 0.0603. The van der Waals surface area contributed by atoms with Crippen molar-refractivity contribution in [3.05, 3.63) is 64.8 Å². The number of fused-ring (bicyclic) bond motifs is 1. The Bertz CT molecular complexity index is 959. The first-order valence-corrected chi connectivity index (χ1v) is 9.15. The second-order valence-corrected chi connectivity index (χ2v) is 7.03. The van der Waals surface area contributed by atoms with Crippen LogP contribution in [-0.4, -0.2) is 23.8 Å². The standard InChI is InChI=1S/C21H20ClNO3/c1-25-21(24)18-6-3-7-19-17(18)10-11-23(19)13-14-12-15(22)8-9-20(14)26-16-4-2-5-16/h3,6-12,16H,2,4-5,13H2,1H3. The Kier molecular flexibility index (Phi) is 4.60. The van der Waals surface area contributed by atoms with Crippen molar-refractivity contribution in [2.24, 2.45) is 0 Å². The van der Waals surface area contributed by atoms with E-state index in [4.69, 9.17) is 21.1 Å². The van der Waals surface area contributed by atoms with Gasteiger partial charge in [0, 0.05) is 27.7 Å². The second kappa shape index (κ2) is 7.04. The number of carbonyl (C=O) groups is 1. The Labute approximate surface area is 157 Å². The van der Waals surface area contributed by atoms with E-state index in [1.165, 1.54) is 13.5 Å². The maximum atomic E-state index is 12.0. The summed E-state index contributed by atoms with van der Waals surface area (Å²) in [6.07, 6.45) is 5.73. The summed E-state index contributed by atoms with van der Waals surface area (Å²) in [7, 11) is 1.40. The third kappa shape index (κ3) is 3.17. The molecule has 0 atom stereocenters. The molecule has 0 spiro atoms. The van der Waals surface area contributed by atoms with Crippen LogP contribution in [0.2, 0.25) is 5.02 Å². The number of benzene rings is 2. The SMILES string of the molecule is COC(=O)c1cccc2c1ccn2Cc1cc(Cl)ccc1OC1CCC1. The highest BCUT2D eigenvalue weighted by atomic mass is 35.5. The van der Waals surface area contributed by atoms with Crippen LogP contribution in [0.5, 0.6) is 5.75 Å². The van der Waals surface area contributed by atoms with Crippen molar-refractivity contribution in [1.29, 1.82) is 0 Å². The highest BCUT2D eigenvalue weighted by Crippen LogP contribution is 2.31. The van der Waals surface area contributed by atoms with E-state index in [2.05, 4.69) is 4.57 Å². The van der Waals surface area contributed by atoms with E-state index in [9.17, 15) is 4.79 Å². The predicted octanol–water partition coefficient (Wildman–Crippen LogP) is 5.06. The van der Waals surface area contributed by atoms with Gasteiger partial charge in [0.05, 0.1) is 25.3 Å². The Hall–Kier alpha value is -2.46. The van der Waals surface area contributed by atoms with Crippen LogP contribution in [0, 0.1) is 0 Å². The molecule has 2 aromatic carbocycles. The fourth-order valence-electron chi connectivity index (χ4n) is 3.29. The summed E-state index contributed by atoms with van der Waals surface area (Å²) in [4.78, 5) is 12.0. The van der Waals surface area contributed by atoms with Gasteiger partial charge in [-0.2, -0.15) is 0 Å². The normalized spacial score (nSPS) is 14.2. The fourth-order valence-corrected chi connectivity index (χ4v) is 3.48. The van der Waals surface area contributed by atoms with Crippen molar-refractivity contribution in [1.82, 2.24) is 4.57 Å². The van der Waals surface area contributed by atoms with Gasteiger partial charge in [0.15, 0.2) is 0 Å². The van der Waals surface area contributed by atoms with E-state index in [0.29, 0.717) is 23.2 Å². The molecular formula is C21H20ClNO3. The zero-order chi connectivity index (χ0) is 18.1. The molecule has 1 aromatic heterocycles. The van der Waals surface area contributed by atoms with Gasteiger partial charge in [-0.15, -0.1) is 0 Å². The first-order chi connectivity index (χ1) is 12.7. The molecule has 1 heterocycles. The third-order valence-corrected chi connectivity index (χ3v) is 5.16. The van der Waals surface area contributed by atoms with Crippen LogP contribution in [0.15, 0.2) is 48.7 Å². The first kappa shape index (κ1) is 17.0. The number of halogens is 1. The molecule has 1 aliphatic carbocycles. The number of hydrogen-bond donors (Lipinski definition) is 0. The van der Waals surface area contributed by atoms with E-state index >= 15 is 0 Å². The van der Waals surface area contributed by atoms with Crippen molar-refractivity contribution >= 4 is 28.5 Å². The molecule has 0 aliphatic heterocycles. The summed E-state index contributed by atoms with van der Waals surface area (Å²) >= 11 is 6.22. The zero-order valence-corrected chi connectivity index (χ0v) is 15.3. The van der Waals surface area contributed by atoms with Gasteiger partial charge < -0.3 is 14.0 Å². The quantitative estimate of drug-likeness (QED) is 0.590. The molecule has 0 bridgehead atoms. The molecule has 0 unspecified atom stereocenters. The molecule has 1 saturated carbocycles. The number of aromatic nitrogens is 1. The second-order valence-electron chi connectivity index (χ2n) is 6.60. The third-order valence-electron chi connectivity index (χ3n) is 4.93. The smallest absolute Gasteiger partial charge is 0.338 e. The van der Waals surface area contributed by atoms with Gasteiger partial charge in [0.25, 0.3) is 0 Å². The summed E-state index contributed by atoms with van der Waals surface area (Å²) in [5.41, 5.74) is 2.58. The van der Waals surface area contributed by atoms with Gasteiger partial charge in [0.2, 0.25) is 0 Å². The largest absolute Gasteiger partial charge is 0.490 e. The van der Waals surface area contributed by atoms with E-state index in [1.807, 2.05) is 42.6 Å². The highest BCUT2D eigenvalue weighted by molar-refractivity contribution is 6.30. The summed E-state index contributed by atoms with van der Waals surface area (Å²) in [6, 6.07) is 13.4. The fraction of sp³-hybridized carbons (Fsp3) is 0.286. The molecule has 1 fully saturated rings. The van der Waals surface area contributed by atoms with Crippen molar-refractivity contribution in [3.63, 3.8) is 0 Å². The molecular weight excluding hydrogens is 350 g/mol. The van der Waals surface area contributed by atoms with Gasteiger partial charge in [-0.3, -0.25) is 0 Å². The maximum absolute atomic E-state index is 12.0. The van der Waals surface area contributed by atoms with Crippen molar-refractivity contribution in [2.45, 2.75) is 31.9 Å². The van der Waals surface area contributed by atoms with Crippen LogP contribution in [-0.2, 0) is 11.3 Å². The van der Waals surface area contributed by atoms with E-state index < -0.39 is 0 Å². The number of esters is 1. The van der Waals surface area contributed by atoms with Crippen molar-refractivity contribution in [2.75, 3.05) is 7.11 Å². The molecule has 4 rings (SSSR count). The number of methoxy groups -OCH3 is 1. The summed E-state index contributed by atoms with van der Waals surface area (Å²) in [6.45, 7) is 0.622. The monoisotopic (exact) mass is 369 g/mol. The molecule has 0 N–H and O–H groups in total. The summed E-state index contributed by atoms with van der Waals surface area (Å²) in [5, 5.41) is 1.57. The Morgan fingerprint density at radius 1 is 1.23 bits per heavy atom. The molecule has 0 radical (unpaired) electrons. The first-order valence-electron chi connectivity index (χ1n) is 8.77. The van der Waals surface area contributed by atoms with Crippen LogP contribution in [0.4, 0.5) is 0 Å². The van der Waals surface area contributed by atoms with Crippen LogP contribution in [0.25, 0.3) is 10.9 Å². The van der Waals surface area contributed by atoms with Gasteiger partial charge in [-0.05, 0) is 55.7 Å². The van der Waals surface area contributed by atoms with E-state index in [-0.39, 0.29) is 5.97 Å². The zero-order valence-electron chi connectivity index (χ0n) is 14.6. The topological polar surface area (TPSA) is 40.5 Å². The van der Waals surface area contributed by atoms with Crippen molar-refractivity contribution in [3.8, 4) is 5.75 Å². The predicted molar refractivity (Wildman–Crippen MR) is 102 cm³/mol. The maximum Gasteiger partial charge on any atom is 0.338 e. The number of hydrogen-bond acceptors (Lipinski definition) is 3. The van der Waals surface area contributed by atoms with E-state index in [0.717, 1.165) is 35.1 Å². The minimum Gasteiger partial charge on any atom is -0.490 e. The van der Waals surface area contributed by atoms with Crippen LogP contribution >= 0.6 is 11.6 Å². The van der Waals surface area contributed by atoms with Crippen LogP contribution < -0.4 is 4.74 Å². The average molecular weight is 370 g/mol. The average Bonchev–Trinajstić information content (AvgIpc) is 3.02. The Balaban J connectivity index is 1.69. The lowest BCUT2D eigenvalue weighted by atomic mass is 9.96. The number of carbonyl (C=O) groups excluding carboxylic acids is 1. The molecule has 1 aliphatic rings. The molecule has 5 heteroatoms. The molecule has 0 saturated heterocycles. The summed E-state index contributed by atoms with van der Waals surface area (Å²) < 4.78 is 13.1. The molecule has 3 aromatic rings. The lowest BCUT2D eigenvalue weighted by Gasteiger charge is -2.27. The number of ether oxygens (including phenoxy) is 2. The molecule has 4 nitrogen and oxygen atoms in total. The van der Waals surface area contributed by atoms with Crippen LogP contribution in [0.3, 0.4) is 0 Å². The van der Waals surface area contributed by atoms with Gasteiger partial charge in [-0.1, -0.05) is 17.7 Å². The Morgan fingerprint density at radius 2 is 2.08 bits per heavy atom. The Morgan fingerprint density at radius 3 is 2.81 bits per heavy atom. The van der Waals surface area contributed by atoms with Crippen LogP contribution in [0.1, 0.15) is 35.2 Å². The highest BCUT2D eigenvalue weighted by Gasteiger charge is 2.21. The van der Waals surface area contributed by atoms with E-state index in [1.54, 1.807) is 6.07 Å². The molecule has 26 heavy (non-hydrogen) atoms.